The Labute approximate surface area is 366 Å². The van der Waals surface area contributed by atoms with E-state index in [1.165, 1.54) is 0 Å². The summed E-state index contributed by atoms with van der Waals surface area (Å²) < 4.78 is 50.2. The molecule has 0 aliphatic carbocycles. The molecule has 5 rings (SSSR count). The summed E-state index contributed by atoms with van der Waals surface area (Å²) in [6.45, 7) is -4.25. The highest BCUT2D eigenvalue weighted by Gasteiger charge is 2.61. The second-order valence-electron chi connectivity index (χ2n) is 16.1. The second-order valence-corrected chi connectivity index (χ2v) is 16.1. The first kappa shape index (κ1) is 53.8. The summed E-state index contributed by atoms with van der Waals surface area (Å²) >= 11 is 0. The van der Waals surface area contributed by atoms with Crippen molar-refractivity contribution in [3.05, 3.63) is 0 Å². The van der Waals surface area contributed by atoms with Crippen molar-refractivity contribution < 1.29 is 144 Å². The largest absolute Gasteiger partial charge is 0.477 e. The van der Waals surface area contributed by atoms with Crippen LogP contribution in [-0.2, 0) is 52.2 Å². The van der Waals surface area contributed by atoms with Gasteiger partial charge in [-0.25, -0.2) is 4.79 Å². The highest BCUT2D eigenvalue weighted by atomic mass is 16.8. The third-order valence-corrected chi connectivity index (χ3v) is 11.7. The van der Waals surface area contributed by atoms with Gasteiger partial charge in [-0.2, -0.15) is 0 Å². The second kappa shape index (κ2) is 22.5. The number of amides is 1. The molecule has 30 nitrogen and oxygen atoms in total. The Hall–Kier alpha value is -2.10. The fourth-order valence-electron chi connectivity index (χ4n) is 8.10. The average molecular weight is 958 g/mol. The van der Waals surface area contributed by atoms with Crippen LogP contribution in [0.25, 0.3) is 0 Å². The minimum absolute atomic E-state index is 0.906. The van der Waals surface area contributed by atoms with Gasteiger partial charge in [0.2, 0.25) is 5.91 Å². The zero-order valence-corrected chi connectivity index (χ0v) is 34.2. The zero-order valence-electron chi connectivity index (χ0n) is 34.2. The van der Waals surface area contributed by atoms with E-state index in [4.69, 9.17) is 42.6 Å². The lowest BCUT2D eigenvalue weighted by atomic mass is 9.90. The van der Waals surface area contributed by atoms with E-state index in [0.29, 0.717) is 0 Å². The lowest BCUT2D eigenvalue weighted by Crippen LogP contribution is -2.71. The molecule has 5 aliphatic rings. The van der Waals surface area contributed by atoms with Crippen LogP contribution >= 0.6 is 0 Å². The Balaban J connectivity index is 1.44. The SMILES string of the molecule is CC(=O)N[C@H]1[C@H](O[C@H]2[C@@H](O)[C@@H](CO)O[C@@H](O[C@H]3[C@H](O)[C@@H](O)C(O)O[C@@H]3CO)[C@@H]2O)O[C@H](CO)[C@@H](O)[C@@H]1O[C@@H]1O[C@H](CO)[C@H](O)[C@H](O[C@]2(C(=O)O)C[C@H](O)[C@@H](O)[C@H]([C@H](O)[C@H](O)CO)O2)[C@H]1O. The molecule has 5 aliphatic heterocycles. The Morgan fingerprint density at radius 1 is 0.600 bits per heavy atom. The lowest BCUT2D eigenvalue weighted by Gasteiger charge is -2.51. The third kappa shape index (κ3) is 11.2. The Morgan fingerprint density at radius 2 is 1.08 bits per heavy atom. The summed E-state index contributed by atoms with van der Waals surface area (Å²) in [4.78, 5) is 25.4. The van der Waals surface area contributed by atoms with E-state index in [0.717, 1.165) is 6.92 Å². The van der Waals surface area contributed by atoms with Crippen LogP contribution in [0.5, 0.6) is 0 Å². The van der Waals surface area contributed by atoms with E-state index in [-0.39, 0.29) is 0 Å². The molecule has 1 unspecified atom stereocenters. The van der Waals surface area contributed by atoms with Crippen LogP contribution in [0.3, 0.4) is 0 Å². The zero-order chi connectivity index (χ0) is 48.4. The van der Waals surface area contributed by atoms with Crippen molar-refractivity contribution in [1.29, 1.82) is 0 Å². The number of hydrogen-bond acceptors (Lipinski definition) is 28. The van der Waals surface area contributed by atoms with Crippen LogP contribution in [0.4, 0.5) is 0 Å². The molecule has 0 bridgehead atoms. The number of ether oxygens (including phenoxy) is 9. The number of hydrogen-bond donors (Lipinski definition) is 19. The predicted octanol–water partition coefficient (Wildman–Crippen LogP) is -12.6. The maximum absolute atomic E-state index is 12.8. The first-order valence-electron chi connectivity index (χ1n) is 20.2. The van der Waals surface area contributed by atoms with Crippen molar-refractivity contribution in [1.82, 2.24) is 5.32 Å². The van der Waals surface area contributed by atoms with E-state index < -0.39 is 210 Å². The summed E-state index contributed by atoms with van der Waals surface area (Å²) in [5.74, 6) is -6.18. The summed E-state index contributed by atoms with van der Waals surface area (Å²) in [5, 5.41) is 191. The van der Waals surface area contributed by atoms with Crippen LogP contribution in [-0.4, -0.2) is 296 Å². The topological polar surface area (TPSA) is 493 Å². The molecule has 65 heavy (non-hydrogen) atoms. The van der Waals surface area contributed by atoms with Gasteiger partial charge in [0.15, 0.2) is 25.2 Å². The molecule has 0 spiro atoms. The molecule has 0 radical (unpaired) electrons. The minimum atomic E-state index is -3.19. The molecule has 1 amide bonds. The van der Waals surface area contributed by atoms with E-state index in [1.54, 1.807) is 0 Å². The highest BCUT2D eigenvalue weighted by molar-refractivity contribution is 5.76. The molecule has 5 fully saturated rings. The maximum atomic E-state index is 12.8. The first-order chi connectivity index (χ1) is 30.6. The van der Waals surface area contributed by atoms with Crippen molar-refractivity contribution in [3.8, 4) is 0 Å². The quantitative estimate of drug-likeness (QED) is 0.0643. The fourth-order valence-corrected chi connectivity index (χ4v) is 8.10. The number of nitrogens with one attached hydrogen (secondary N) is 1. The summed E-state index contributed by atoms with van der Waals surface area (Å²) in [5.41, 5.74) is 0. The average Bonchev–Trinajstić information content (AvgIpc) is 3.27. The summed E-state index contributed by atoms with van der Waals surface area (Å²) in [6, 6.07) is -1.85. The molecule has 0 aromatic heterocycles. The smallest absolute Gasteiger partial charge is 0.364 e. The van der Waals surface area contributed by atoms with Crippen molar-refractivity contribution in [2.75, 3.05) is 33.0 Å². The number of aliphatic hydroxyl groups excluding tert-OH is 17. The number of rotatable bonds is 17. The standard InChI is InChI=1S/C35H59NO29/c1-8(42)36-15-26(62-33-24(53)29(20(49)13(6-40)60-33)65-35(34(55)56)2-9(43)16(45)28(64-35)17(46)10(44)3-37)18(47)11(4-38)58-31(15)63-27-19(48)12(5-39)59-32(23(27)52)61-25-14(7-41)57-30(54)22(51)21(25)50/h9-33,37-41,43-54H,2-7H2,1H3,(H,36,42)(H,55,56)/t9-,10+,11+,12+,13+,14+,15+,16+,17+,18+,19-,20-,21+,22+,23+,24+,25+,26+,27-,28+,29-,30?,31-,32-,33-,35-/m0/s1. The van der Waals surface area contributed by atoms with Gasteiger partial charge in [0.05, 0.1) is 39.1 Å². The van der Waals surface area contributed by atoms with Gasteiger partial charge >= 0.3 is 5.97 Å². The molecule has 26 atom stereocenters. The Morgan fingerprint density at radius 3 is 1.58 bits per heavy atom. The molecule has 0 aromatic rings. The summed E-state index contributed by atoms with van der Waals surface area (Å²) in [6.07, 6.45) is -49.8. The molecule has 378 valence electrons. The maximum Gasteiger partial charge on any atom is 0.364 e. The molecule has 0 saturated carbocycles. The van der Waals surface area contributed by atoms with Crippen LogP contribution < -0.4 is 5.32 Å². The van der Waals surface area contributed by atoms with Gasteiger partial charge in [0.25, 0.3) is 5.79 Å². The van der Waals surface area contributed by atoms with Gasteiger partial charge in [-0.05, 0) is 0 Å². The van der Waals surface area contributed by atoms with Crippen molar-refractivity contribution in [2.24, 2.45) is 0 Å². The lowest BCUT2D eigenvalue weighted by molar-refractivity contribution is -0.391. The Kier molecular flexibility index (Phi) is 18.7. The van der Waals surface area contributed by atoms with Crippen molar-refractivity contribution in [2.45, 2.75) is 172 Å². The number of carboxylic acid groups (broad SMARTS) is 1. The molecular weight excluding hydrogens is 898 g/mol. The van der Waals surface area contributed by atoms with Gasteiger partial charge < -0.3 is 140 Å². The van der Waals surface area contributed by atoms with Crippen LogP contribution in [0.1, 0.15) is 13.3 Å². The molecule has 19 N–H and O–H groups in total. The highest BCUT2D eigenvalue weighted by Crippen LogP contribution is 2.39. The molecular formula is C35H59NO29. The van der Waals surface area contributed by atoms with Crippen molar-refractivity contribution >= 4 is 11.9 Å². The van der Waals surface area contributed by atoms with Crippen LogP contribution in [0.2, 0.25) is 0 Å². The molecule has 5 saturated heterocycles. The number of aliphatic hydroxyl groups is 17. The molecule has 5 heterocycles. The number of carbonyl (C=O) groups excluding carboxylic acids is 1. The van der Waals surface area contributed by atoms with Gasteiger partial charge in [-0.15, -0.1) is 0 Å². The summed E-state index contributed by atoms with van der Waals surface area (Å²) in [7, 11) is 0. The number of aliphatic carboxylic acids is 1. The van der Waals surface area contributed by atoms with E-state index in [1.807, 2.05) is 0 Å². The van der Waals surface area contributed by atoms with E-state index in [9.17, 15) is 102 Å². The molecule has 0 aromatic carbocycles. The number of carbonyl (C=O) groups is 2. The minimum Gasteiger partial charge on any atom is -0.477 e. The molecule has 30 heteroatoms. The van der Waals surface area contributed by atoms with Crippen LogP contribution in [0.15, 0.2) is 0 Å². The normalized spacial score (nSPS) is 48.3. The van der Waals surface area contributed by atoms with Gasteiger partial charge in [0.1, 0.15) is 122 Å². The monoisotopic (exact) mass is 957 g/mol. The van der Waals surface area contributed by atoms with Gasteiger partial charge in [-0.1, -0.05) is 0 Å². The predicted molar refractivity (Wildman–Crippen MR) is 195 cm³/mol. The van der Waals surface area contributed by atoms with Crippen LogP contribution in [0, 0.1) is 0 Å². The van der Waals surface area contributed by atoms with E-state index in [2.05, 4.69) is 5.32 Å². The van der Waals surface area contributed by atoms with E-state index >= 15 is 0 Å². The van der Waals surface area contributed by atoms with Gasteiger partial charge in [-0.3, -0.25) is 4.79 Å². The fraction of sp³-hybridized carbons (Fsp3) is 0.943. The number of carboxylic acids is 1. The van der Waals surface area contributed by atoms with Crippen molar-refractivity contribution in [3.63, 3.8) is 0 Å². The third-order valence-electron chi connectivity index (χ3n) is 11.7. The first-order valence-corrected chi connectivity index (χ1v) is 20.2. The van der Waals surface area contributed by atoms with Gasteiger partial charge in [0, 0.05) is 13.3 Å². The Bertz CT molecular complexity index is 1540.